The Balaban J connectivity index is 1.68. The van der Waals surface area contributed by atoms with Gasteiger partial charge in [0.2, 0.25) is 27.7 Å². The molecule has 0 bridgehead atoms. The maximum Gasteiger partial charge on any atom is 0.573 e. The number of rotatable bonds is 15. The summed E-state index contributed by atoms with van der Waals surface area (Å²) in [5.74, 6) is -3.78. The molecule has 0 saturated carbocycles. The Morgan fingerprint density at radius 3 is 2.12 bits per heavy atom. The number of nitro benzene ring substituents is 1. The van der Waals surface area contributed by atoms with Crippen LogP contribution in [0.4, 0.5) is 18.9 Å². The van der Waals surface area contributed by atoms with Crippen LogP contribution in [-0.2, 0) is 40.4 Å². The minimum atomic E-state index is -4.89. The number of non-ortho nitro benzene ring substituents is 1. The number of carbonyl (C=O) groups is 4. The number of halogens is 3. The number of nitro groups is 1. The maximum atomic E-state index is 13.4. The van der Waals surface area contributed by atoms with Crippen LogP contribution in [0.3, 0.4) is 0 Å². The molecule has 0 radical (unpaired) electrons. The molecule has 0 aliphatic carbocycles. The van der Waals surface area contributed by atoms with E-state index in [1.165, 1.54) is 19.1 Å². The number of nitrogens with one attached hydrogen (secondary N) is 3. The lowest BCUT2D eigenvalue weighted by molar-refractivity contribution is -0.384. The van der Waals surface area contributed by atoms with Crippen LogP contribution in [0.1, 0.15) is 45.6 Å². The van der Waals surface area contributed by atoms with Crippen LogP contribution in [-0.4, -0.2) is 85.5 Å². The predicted octanol–water partition coefficient (Wildman–Crippen LogP) is 2.58. The van der Waals surface area contributed by atoms with E-state index >= 15 is 0 Å². The third-order valence-corrected chi connectivity index (χ3v) is 9.57. The molecule has 274 valence electrons. The first-order valence-electron chi connectivity index (χ1n) is 15.4. The minimum Gasteiger partial charge on any atom is -0.467 e. The summed E-state index contributed by atoms with van der Waals surface area (Å²) in [4.78, 5) is 62.3. The standard InChI is InChI=1S/C31H38F3N5O10S/c1-18(2)16-24(36-29(42)26-6-5-15-38(26)50(46,47)23-13-9-21(10-14-23)39(44)45)28(41)35-19(3)27(40)37-25(30(43)48-4)17-20-7-11-22(12-8-20)49-31(32,33)34/h7-14,18-19,24-26H,5-6,15-17H2,1-4H3,(H,35,41)(H,36,42)(H,37,40)/t19-,24-,25-,26-/m0/s1. The number of nitrogens with zero attached hydrogens (tertiary/aromatic N) is 2. The largest absolute Gasteiger partial charge is 0.573 e. The van der Waals surface area contributed by atoms with Crippen molar-refractivity contribution in [3.63, 3.8) is 0 Å². The predicted molar refractivity (Wildman–Crippen MR) is 170 cm³/mol. The van der Waals surface area contributed by atoms with Crippen molar-refractivity contribution in [1.29, 1.82) is 0 Å². The van der Waals surface area contributed by atoms with Crippen LogP contribution in [0.15, 0.2) is 53.4 Å². The van der Waals surface area contributed by atoms with Crippen molar-refractivity contribution < 1.29 is 55.2 Å². The number of alkyl halides is 3. The van der Waals surface area contributed by atoms with Gasteiger partial charge in [0.1, 0.15) is 29.9 Å². The van der Waals surface area contributed by atoms with E-state index in [1.807, 2.05) is 0 Å². The van der Waals surface area contributed by atoms with E-state index in [9.17, 15) is 50.9 Å². The van der Waals surface area contributed by atoms with Crippen molar-refractivity contribution >= 4 is 39.4 Å². The summed E-state index contributed by atoms with van der Waals surface area (Å²) in [7, 11) is -3.15. The molecule has 50 heavy (non-hydrogen) atoms. The number of amides is 3. The molecule has 1 aliphatic rings. The van der Waals surface area contributed by atoms with E-state index in [4.69, 9.17) is 4.74 Å². The third kappa shape index (κ3) is 10.9. The highest BCUT2D eigenvalue weighted by Gasteiger charge is 2.41. The average Bonchev–Trinajstić information content (AvgIpc) is 3.55. The molecule has 3 rings (SSSR count). The average molecular weight is 730 g/mol. The first-order valence-corrected chi connectivity index (χ1v) is 16.9. The van der Waals surface area contributed by atoms with Gasteiger partial charge in [0.25, 0.3) is 5.69 Å². The van der Waals surface area contributed by atoms with E-state index in [2.05, 4.69) is 20.7 Å². The second kappa shape index (κ2) is 16.8. The normalized spacial score (nSPS) is 16.9. The zero-order chi connectivity index (χ0) is 37.4. The van der Waals surface area contributed by atoms with Gasteiger partial charge in [-0.05, 0) is 61.9 Å². The van der Waals surface area contributed by atoms with Crippen molar-refractivity contribution in [3.8, 4) is 5.75 Å². The van der Waals surface area contributed by atoms with Crippen LogP contribution in [0.25, 0.3) is 0 Å². The van der Waals surface area contributed by atoms with E-state index in [0.717, 1.165) is 47.8 Å². The molecule has 3 N–H and O–H groups in total. The number of sulfonamides is 1. The van der Waals surface area contributed by atoms with Gasteiger partial charge in [-0.25, -0.2) is 13.2 Å². The number of esters is 1. The van der Waals surface area contributed by atoms with Crippen LogP contribution >= 0.6 is 0 Å². The number of hydrogen-bond acceptors (Lipinski definition) is 10. The highest BCUT2D eigenvalue weighted by Crippen LogP contribution is 2.28. The number of ether oxygens (including phenoxy) is 2. The van der Waals surface area contributed by atoms with E-state index in [1.54, 1.807) is 13.8 Å². The summed E-state index contributed by atoms with van der Waals surface area (Å²) in [6.07, 6.45) is -4.45. The second-order valence-electron chi connectivity index (χ2n) is 11.9. The quantitative estimate of drug-likeness (QED) is 0.139. The number of methoxy groups -OCH3 is 1. The highest BCUT2D eigenvalue weighted by molar-refractivity contribution is 7.89. The summed E-state index contributed by atoms with van der Waals surface area (Å²) in [6, 6.07) is 4.00. The lowest BCUT2D eigenvalue weighted by atomic mass is 10.0. The summed E-state index contributed by atoms with van der Waals surface area (Å²) >= 11 is 0. The Morgan fingerprint density at radius 2 is 1.58 bits per heavy atom. The molecular weight excluding hydrogens is 691 g/mol. The van der Waals surface area contributed by atoms with Gasteiger partial charge in [0.05, 0.1) is 16.9 Å². The molecule has 0 aromatic heterocycles. The van der Waals surface area contributed by atoms with Crippen LogP contribution < -0.4 is 20.7 Å². The van der Waals surface area contributed by atoms with Gasteiger partial charge in [-0.1, -0.05) is 26.0 Å². The summed E-state index contributed by atoms with van der Waals surface area (Å²) < 4.78 is 73.7. The molecule has 2 aromatic carbocycles. The second-order valence-corrected chi connectivity index (χ2v) is 13.8. The zero-order valence-electron chi connectivity index (χ0n) is 27.6. The Kier molecular flexibility index (Phi) is 13.3. The SMILES string of the molecule is COC(=O)[C@H](Cc1ccc(OC(F)(F)F)cc1)NC(=O)[C@H](C)NC(=O)[C@H](CC(C)C)NC(=O)[C@@H]1CCCN1S(=O)(=O)c1ccc([N+](=O)[O-])cc1. The Morgan fingerprint density at radius 1 is 0.960 bits per heavy atom. The van der Waals surface area contributed by atoms with Gasteiger partial charge < -0.3 is 25.4 Å². The highest BCUT2D eigenvalue weighted by atomic mass is 32.2. The Bertz CT molecular complexity index is 1650. The lowest BCUT2D eigenvalue weighted by Crippen LogP contribution is -2.57. The Hall–Kier alpha value is -4.78. The minimum absolute atomic E-state index is 0.00248. The van der Waals surface area contributed by atoms with Crippen molar-refractivity contribution in [2.45, 2.75) is 81.9 Å². The first-order chi connectivity index (χ1) is 23.3. The fraction of sp³-hybridized carbons (Fsp3) is 0.484. The fourth-order valence-electron chi connectivity index (χ4n) is 5.21. The third-order valence-electron chi connectivity index (χ3n) is 7.65. The molecule has 3 amide bonds. The number of benzene rings is 2. The lowest BCUT2D eigenvalue weighted by Gasteiger charge is -2.27. The summed E-state index contributed by atoms with van der Waals surface area (Å²) in [5, 5.41) is 18.5. The molecule has 1 heterocycles. The van der Waals surface area contributed by atoms with Gasteiger partial charge in [-0.2, -0.15) is 4.31 Å². The Labute approximate surface area is 286 Å². The van der Waals surface area contributed by atoms with E-state index in [0.29, 0.717) is 12.0 Å². The molecule has 19 heteroatoms. The van der Waals surface area contributed by atoms with Crippen LogP contribution in [0.2, 0.25) is 0 Å². The fourth-order valence-corrected chi connectivity index (χ4v) is 6.87. The summed E-state index contributed by atoms with van der Waals surface area (Å²) in [6.45, 7) is 4.90. The number of hydrogen-bond donors (Lipinski definition) is 3. The molecular formula is C31H38F3N5O10S. The van der Waals surface area contributed by atoms with Crippen molar-refractivity contribution in [2.75, 3.05) is 13.7 Å². The van der Waals surface area contributed by atoms with Gasteiger partial charge in [-0.3, -0.25) is 24.5 Å². The zero-order valence-corrected chi connectivity index (χ0v) is 28.4. The molecule has 0 unspecified atom stereocenters. The molecule has 0 spiro atoms. The van der Waals surface area contributed by atoms with Gasteiger partial charge in [0.15, 0.2) is 0 Å². The molecule has 2 aromatic rings. The molecule has 1 saturated heterocycles. The van der Waals surface area contributed by atoms with Crippen molar-refractivity contribution in [2.24, 2.45) is 5.92 Å². The molecule has 4 atom stereocenters. The smallest absolute Gasteiger partial charge is 0.467 e. The molecule has 1 fully saturated rings. The van der Waals surface area contributed by atoms with Crippen LogP contribution in [0, 0.1) is 16.0 Å². The first kappa shape index (κ1) is 39.7. The van der Waals surface area contributed by atoms with E-state index in [-0.39, 0.29) is 42.3 Å². The van der Waals surface area contributed by atoms with Gasteiger partial charge in [0, 0.05) is 25.1 Å². The number of carbonyl (C=O) groups excluding carboxylic acids is 4. The summed E-state index contributed by atoms with van der Waals surface area (Å²) in [5.41, 5.74) is 0.0576. The van der Waals surface area contributed by atoms with Gasteiger partial charge in [-0.15, -0.1) is 13.2 Å². The van der Waals surface area contributed by atoms with Crippen LogP contribution in [0.5, 0.6) is 5.75 Å². The van der Waals surface area contributed by atoms with Crippen molar-refractivity contribution in [3.05, 3.63) is 64.2 Å². The van der Waals surface area contributed by atoms with Gasteiger partial charge >= 0.3 is 12.3 Å². The maximum absolute atomic E-state index is 13.4. The molecule has 15 nitrogen and oxygen atoms in total. The van der Waals surface area contributed by atoms with Crippen molar-refractivity contribution in [1.82, 2.24) is 20.3 Å². The molecule has 1 aliphatic heterocycles. The topological polar surface area (TPSA) is 203 Å². The van der Waals surface area contributed by atoms with E-state index < -0.39 is 74.9 Å². The monoisotopic (exact) mass is 729 g/mol.